The lowest BCUT2D eigenvalue weighted by Gasteiger charge is -2.26. The molecular weight excluding hydrogens is 216 g/mol. The molecule has 0 aromatic rings. The Hall–Kier alpha value is 0.270. The lowest BCUT2D eigenvalue weighted by atomic mass is 9.89. The standard InChI is InChI=1S/C13H26N2S/c1-13(5-2-3-6-13)11-14-7-4-12-10-16-9-8-15-12/h12,14-15H,2-11H2,1H3. The summed E-state index contributed by atoms with van der Waals surface area (Å²) in [6.07, 6.45) is 7.04. The first kappa shape index (κ1) is 12.7. The van der Waals surface area contributed by atoms with Crippen molar-refractivity contribution in [1.29, 1.82) is 0 Å². The minimum atomic E-state index is 0.606. The highest BCUT2D eigenvalue weighted by molar-refractivity contribution is 7.99. The molecule has 2 fully saturated rings. The maximum Gasteiger partial charge on any atom is 0.0170 e. The molecule has 1 atom stereocenters. The maximum absolute atomic E-state index is 3.67. The summed E-state index contributed by atoms with van der Waals surface area (Å²) in [6.45, 7) is 6.06. The third-order valence-corrected chi connectivity index (χ3v) is 5.16. The first-order valence-corrected chi connectivity index (χ1v) is 7.96. The van der Waals surface area contributed by atoms with E-state index in [0.717, 1.165) is 6.04 Å². The summed E-state index contributed by atoms with van der Waals surface area (Å²) >= 11 is 2.10. The zero-order valence-electron chi connectivity index (χ0n) is 10.6. The van der Waals surface area contributed by atoms with Crippen molar-refractivity contribution < 1.29 is 0 Å². The zero-order valence-corrected chi connectivity index (χ0v) is 11.4. The van der Waals surface area contributed by atoms with E-state index >= 15 is 0 Å². The Morgan fingerprint density at radius 3 is 2.88 bits per heavy atom. The van der Waals surface area contributed by atoms with Crippen LogP contribution in [0.25, 0.3) is 0 Å². The average molecular weight is 242 g/mol. The van der Waals surface area contributed by atoms with Crippen molar-refractivity contribution in [2.75, 3.05) is 31.1 Å². The van der Waals surface area contributed by atoms with Gasteiger partial charge >= 0.3 is 0 Å². The summed E-state index contributed by atoms with van der Waals surface area (Å²) in [5, 5.41) is 7.26. The van der Waals surface area contributed by atoms with Crippen molar-refractivity contribution >= 4 is 11.8 Å². The van der Waals surface area contributed by atoms with Crippen molar-refractivity contribution in [2.45, 2.75) is 45.1 Å². The van der Waals surface area contributed by atoms with E-state index in [2.05, 4.69) is 29.3 Å². The van der Waals surface area contributed by atoms with E-state index in [0.29, 0.717) is 5.41 Å². The van der Waals surface area contributed by atoms with E-state index in [9.17, 15) is 0 Å². The lowest BCUT2D eigenvalue weighted by Crippen LogP contribution is -2.40. The summed E-state index contributed by atoms with van der Waals surface area (Å²) in [5.74, 6) is 2.60. The van der Waals surface area contributed by atoms with Gasteiger partial charge in [-0.2, -0.15) is 11.8 Å². The average Bonchev–Trinajstić information content (AvgIpc) is 2.74. The molecule has 16 heavy (non-hydrogen) atoms. The Morgan fingerprint density at radius 2 is 2.19 bits per heavy atom. The molecule has 1 aliphatic heterocycles. The van der Waals surface area contributed by atoms with Crippen molar-refractivity contribution in [3.8, 4) is 0 Å². The van der Waals surface area contributed by atoms with Gasteiger partial charge in [0.05, 0.1) is 0 Å². The molecule has 2 nitrogen and oxygen atoms in total. The highest BCUT2D eigenvalue weighted by Gasteiger charge is 2.27. The molecule has 3 heteroatoms. The molecule has 0 aromatic heterocycles. The molecule has 1 aliphatic carbocycles. The minimum absolute atomic E-state index is 0.606. The minimum Gasteiger partial charge on any atom is -0.316 e. The normalized spacial score (nSPS) is 29.4. The lowest BCUT2D eigenvalue weighted by molar-refractivity contribution is 0.312. The zero-order chi connectivity index (χ0) is 11.3. The largest absolute Gasteiger partial charge is 0.316 e. The van der Waals surface area contributed by atoms with E-state index < -0.39 is 0 Å². The van der Waals surface area contributed by atoms with E-state index in [1.807, 2.05) is 0 Å². The van der Waals surface area contributed by atoms with Crippen molar-refractivity contribution in [3.63, 3.8) is 0 Å². The predicted octanol–water partition coefficient (Wildman–Crippen LogP) is 2.25. The number of thioether (sulfide) groups is 1. The highest BCUT2D eigenvalue weighted by atomic mass is 32.2. The fraction of sp³-hybridized carbons (Fsp3) is 1.00. The van der Waals surface area contributed by atoms with Crippen LogP contribution < -0.4 is 10.6 Å². The number of rotatable bonds is 5. The molecule has 2 aliphatic rings. The van der Waals surface area contributed by atoms with Crippen LogP contribution >= 0.6 is 11.8 Å². The molecule has 0 amide bonds. The molecule has 1 heterocycles. The van der Waals surface area contributed by atoms with Crippen molar-refractivity contribution in [2.24, 2.45) is 5.41 Å². The number of nitrogens with one attached hydrogen (secondary N) is 2. The van der Waals surface area contributed by atoms with Crippen LogP contribution in [0.2, 0.25) is 0 Å². The topological polar surface area (TPSA) is 24.1 Å². The van der Waals surface area contributed by atoms with E-state index in [4.69, 9.17) is 0 Å². The molecule has 0 radical (unpaired) electrons. The monoisotopic (exact) mass is 242 g/mol. The van der Waals surface area contributed by atoms with Crippen molar-refractivity contribution in [3.05, 3.63) is 0 Å². The van der Waals surface area contributed by atoms with Crippen LogP contribution in [0.3, 0.4) is 0 Å². The van der Waals surface area contributed by atoms with Crippen LogP contribution in [0, 0.1) is 5.41 Å². The summed E-state index contributed by atoms with van der Waals surface area (Å²) in [6, 6.07) is 0.752. The third-order valence-electron chi connectivity index (χ3n) is 4.03. The van der Waals surface area contributed by atoms with E-state index in [-0.39, 0.29) is 0 Å². The number of hydrogen-bond donors (Lipinski definition) is 2. The summed E-state index contributed by atoms with van der Waals surface area (Å²) in [7, 11) is 0. The fourth-order valence-corrected chi connectivity index (χ4v) is 3.87. The van der Waals surface area contributed by atoms with Gasteiger partial charge in [-0.1, -0.05) is 19.8 Å². The van der Waals surface area contributed by atoms with Gasteiger partial charge in [-0.15, -0.1) is 0 Å². The predicted molar refractivity (Wildman–Crippen MR) is 73.2 cm³/mol. The van der Waals surface area contributed by atoms with Gasteiger partial charge in [0.2, 0.25) is 0 Å². The Bertz CT molecular complexity index is 196. The molecule has 1 saturated heterocycles. The molecule has 2 rings (SSSR count). The summed E-state index contributed by atoms with van der Waals surface area (Å²) in [4.78, 5) is 0. The molecular formula is C13H26N2S. The smallest absolute Gasteiger partial charge is 0.0170 e. The summed E-state index contributed by atoms with van der Waals surface area (Å²) in [5.41, 5.74) is 0.606. The van der Waals surface area contributed by atoms with Crippen LogP contribution in [0.5, 0.6) is 0 Å². The Balaban J connectivity index is 1.54. The molecule has 0 aromatic carbocycles. The van der Waals surface area contributed by atoms with E-state index in [1.165, 1.54) is 63.2 Å². The molecule has 0 bridgehead atoms. The van der Waals surface area contributed by atoms with Gasteiger partial charge in [0.15, 0.2) is 0 Å². The van der Waals surface area contributed by atoms with Gasteiger partial charge in [-0.25, -0.2) is 0 Å². The molecule has 0 spiro atoms. The quantitative estimate of drug-likeness (QED) is 0.723. The Labute approximate surface area is 104 Å². The van der Waals surface area contributed by atoms with Gasteiger partial charge in [-0.05, 0) is 31.2 Å². The second kappa shape index (κ2) is 6.27. The van der Waals surface area contributed by atoms with Crippen LogP contribution in [-0.2, 0) is 0 Å². The van der Waals surface area contributed by atoms with Crippen LogP contribution in [0.4, 0.5) is 0 Å². The maximum atomic E-state index is 3.67. The van der Waals surface area contributed by atoms with Gasteiger partial charge in [0.25, 0.3) is 0 Å². The second-order valence-corrected chi connectivity index (χ2v) is 6.86. The van der Waals surface area contributed by atoms with Crippen LogP contribution in [0.1, 0.15) is 39.0 Å². The molecule has 1 saturated carbocycles. The highest BCUT2D eigenvalue weighted by Crippen LogP contribution is 2.36. The fourth-order valence-electron chi connectivity index (χ4n) is 2.88. The SMILES string of the molecule is CC1(CNCCC2CSCCN2)CCCC1. The summed E-state index contributed by atoms with van der Waals surface area (Å²) < 4.78 is 0. The van der Waals surface area contributed by atoms with Crippen LogP contribution in [-0.4, -0.2) is 37.2 Å². The Kier molecular flexibility index (Phi) is 4.98. The third kappa shape index (κ3) is 3.94. The van der Waals surface area contributed by atoms with Crippen LogP contribution in [0.15, 0.2) is 0 Å². The van der Waals surface area contributed by atoms with Gasteiger partial charge < -0.3 is 10.6 Å². The number of hydrogen-bond acceptors (Lipinski definition) is 3. The van der Waals surface area contributed by atoms with Gasteiger partial charge in [-0.3, -0.25) is 0 Å². The molecule has 94 valence electrons. The van der Waals surface area contributed by atoms with Gasteiger partial charge in [0, 0.05) is 30.6 Å². The first-order valence-electron chi connectivity index (χ1n) is 6.80. The second-order valence-electron chi connectivity index (χ2n) is 5.71. The van der Waals surface area contributed by atoms with E-state index in [1.54, 1.807) is 0 Å². The molecule has 2 N–H and O–H groups in total. The Morgan fingerprint density at radius 1 is 1.38 bits per heavy atom. The van der Waals surface area contributed by atoms with Gasteiger partial charge in [0.1, 0.15) is 0 Å². The first-order chi connectivity index (χ1) is 7.79. The van der Waals surface area contributed by atoms with Crippen molar-refractivity contribution in [1.82, 2.24) is 10.6 Å². The molecule has 1 unspecified atom stereocenters.